The second kappa shape index (κ2) is 6.99. The molecule has 0 heteroatoms. The highest BCUT2D eigenvalue weighted by atomic mass is 14.3. The van der Waals surface area contributed by atoms with E-state index in [9.17, 15) is 0 Å². The van der Waals surface area contributed by atoms with E-state index in [1.807, 2.05) is 0 Å². The molecule has 5 rings (SSSR count). The van der Waals surface area contributed by atoms with Gasteiger partial charge in [0.15, 0.2) is 0 Å². The summed E-state index contributed by atoms with van der Waals surface area (Å²) >= 11 is 0. The van der Waals surface area contributed by atoms with Crippen LogP contribution in [0.4, 0.5) is 0 Å². The molecule has 3 aliphatic rings. The van der Waals surface area contributed by atoms with Crippen LogP contribution in [0.3, 0.4) is 0 Å². The van der Waals surface area contributed by atoms with E-state index in [4.69, 9.17) is 6.42 Å². The van der Waals surface area contributed by atoms with Gasteiger partial charge in [-0.25, -0.2) is 0 Å². The fourth-order valence-electron chi connectivity index (χ4n) is 4.57. The third kappa shape index (κ3) is 3.38. The van der Waals surface area contributed by atoms with E-state index in [-0.39, 0.29) is 0 Å². The lowest BCUT2D eigenvalue weighted by Gasteiger charge is -2.09. The second-order valence-electron chi connectivity index (χ2n) is 8.62. The van der Waals surface area contributed by atoms with Crippen molar-refractivity contribution in [1.82, 2.24) is 0 Å². The van der Waals surface area contributed by atoms with Crippen molar-refractivity contribution in [3.05, 3.63) is 94.1 Å². The van der Waals surface area contributed by atoms with Crippen LogP contribution in [0, 0.1) is 18.3 Å². The molecule has 0 heterocycles. The molecule has 138 valence electrons. The monoisotopic (exact) mass is 362 g/mol. The lowest BCUT2D eigenvalue weighted by atomic mass is 9.95. The van der Waals surface area contributed by atoms with Crippen LogP contribution in [0.5, 0.6) is 0 Å². The third-order valence-corrected chi connectivity index (χ3v) is 6.45. The van der Waals surface area contributed by atoms with Gasteiger partial charge in [0.05, 0.1) is 0 Å². The molecular weight excluding hydrogens is 336 g/mol. The van der Waals surface area contributed by atoms with Gasteiger partial charge < -0.3 is 0 Å². The van der Waals surface area contributed by atoms with E-state index < -0.39 is 0 Å². The highest BCUT2D eigenvalue weighted by Gasteiger charge is 2.21. The van der Waals surface area contributed by atoms with Gasteiger partial charge in [0.1, 0.15) is 0 Å². The predicted octanol–water partition coefficient (Wildman–Crippen LogP) is 6.54. The molecule has 0 bridgehead atoms. The van der Waals surface area contributed by atoms with E-state index in [0.29, 0.717) is 0 Å². The van der Waals surface area contributed by atoms with Gasteiger partial charge in [-0.2, -0.15) is 0 Å². The summed E-state index contributed by atoms with van der Waals surface area (Å²) in [6.45, 7) is 4.15. The molecule has 0 atom stereocenters. The molecule has 2 aromatic rings. The first-order valence-electron chi connectivity index (χ1n) is 10.5. The van der Waals surface area contributed by atoms with Gasteiger partial charge in [-0.15, -0.1) is 6.42 Å². The number of terminal acetylenes is 1. The average molecular weight is 363 g/mol. The maximum Gasteiger partial charge on any atom is 0.0280 e. The Bertz CT molecular complexity index is 1060. The summed E-state index contributed by atoms with van der Waals surface area (Å²) in [6.07, 6.45) is 18.8. The van der Waals surface area contributed by atoms with Crippen molar-refractivity contribution in [3.8, 4) is 12.3 Å². The number of allylic oxidation sites excluding steroid dienone is 5. The van der Waals surface area contributed by atoms with Crippen LogP contribution in [-0.2, 0) is 19.3 Å². The Morgan fingerprint density at radius 1 is 1.00 bits per heavy atom. The smallest absolute Gasteiger partial charge is 0.0280 e. The van der Waals surface area contributed by atoms with E-state index in [2.05, 4.69) is 61.0 Å². The minimum Gasteiger partial charge on any atom is -0.115 e. The Hall–Kier alpha value is -2.78. The standard InChI is InChI=1S/C28H26/c1-3-21-16-24(9-8-22(21)7-6-20-4-5-20)25-12-13-26(17-25)27-11-10-23-14-19(2)15-28(23)18-27/h1,8-11,13,16-18,20H,2,4-7,12,14-15H2. The molecule has 1 saturated carbocycles. The van der Waals surface area contributed by atoms with E-state index in [1.54, 1.807) is 0 Å². The first-order valence-corrected chi connectivity index (χ1v) is 10.5. The molecule has 2 aromatic carbocycles. The summed E-state index contributed by atoms with van der Waals surface area (Å²) < 4.78 is 0. The summed E-state index contributed by atoms with van der Waals surface area (Å²) in [5.74, 6) is 3.87. The predicted molar refractivity (Wildman–Crippen MR) is 119 cm³/mol. The lowest BCUT2D eigenvalue weighted by Crippen LogP contribution is -1.94. The fraction of sp³-hybridized carbons (Fsp3) is 0.286. The number of benzene rings is 2. The first kappa shape index (κ1) is 17.3. The lowest BCUT2D eigenvalue weighted by molar-refractivity contribution is 0.726. The third-order valence-electron chi connectivity index (χ3n) is 6.45. The molecular formula is C28H26. The molecule has 3 aliphatic carbocycles. The van der Waals surface area contributed by atoms with Crippen LogP contribution < -0.4 is 0 Å². The largest absolute Gasteiger partial charge is 0.115 e. The molecule has 0 aliphatic heterocycles. The molecule has 0 unspecified atom stereocenters. The van der Waals surface area contributed by atoms with Crippen LogP contribution in [0.15, 0.2) is 60.7 Å². The minimum absolute atomic E-state index is 0.944. The van der Waals surface area contributed by atoms with Crippen molar-refractivity contribution in [2.24, 2.45) is 5.92 Å². The molecule has 0 nitrogen and oxygen atoms in total. The van der Waals surface area contributed by atoms with Crippen molar-refractivity contribution in [2.75, 3.05) is 0 Å². The minimum atomic E-state index is 0.944. The van der Waals surface area contributed by atoms with Crippen molar-refractivity contribution in [1.29, 1.82) is 0 Å². The summed E-state index contributed by atoms with van der Waals surface area (Å²) in [6, 6.07) is 13.6. The molecule has 1 fully saturated rings. The summed E-state index contributed by atoms with van der Waals surface area (Å²) in [5, 5.41) is 0. The number of hydrogen-bond donors (Lipinski definition) is 0. The van der Waals surface area contributed by atoms with E-state index in [1.165, 1.54) is 63.8 Å². The van der Waals surface area contributed by atoms with Crippen LogP contribution in [0.1, 0.15) is 59.1 Å². The maximum absolute atomic E-state index is 5.83. The zero-order valence-electron chi connectivity index (χ0n) is 16.4. The molecule has 0 saturated heterocycles. The summed E-state index contributed by atoms with van der Waals surface area (Å²) in [7, 11) is 0. The van der Waals surface area contributed by atoms with Gasteiger partial charge in [-0.3, -0.25) is 0 Å². The zero-order chi connectivity index (χ0) is 19.1. The first-order chi connectivity index (χ1) is 13.7. The van der Waals surface area contributed by atoms with Gasteiger partial charge in [0.2, 0.25) is 0 Å². The molecule has 0 spiro atoms. The number of fused-ring (bicyclic) bond motifs is 1. The second-order valence-corrected chi connectivity index (χ2v) is 8.62. The van der Waals surface area contributed by atoms with E-state index >= 15 is 0 Å². The van der Waals surface area contributed by atoms with Crippen molar-refractivity contribution < 1.29 is 0 Å². The zero-order valence-corrected chi connectivity index (χ0v) is 16.4. The Kier molecular flexibility index (Phi) is 4.33. The van der Waals surface area contributed by atoms with Crippen LogP contribution >= 0.6 is 0 Å². The van der Waals surface area contributed by atoms with Crippen LogP contribution in [0.2, 0.25) is 0 Å². The van der Waals surface area contributed by atoms with Gasteiger partial charge in [-0.05, 0) is 83.1 Å². The molecule has 0 radical (unpaired) electrons. The Balaban J connectivity index is 1.37. The number of hydrogen-bond acceptors (Lipinski definition) is 0. The Labute approximate surface area is 168 Å². The fourth-order valence-corrected chi connectivity index (χ4v) is 4.57. The maximum atomic E-state index is 5.83. The molecule has 0 amide bonds. The topological polar surface area (TPSA) is 0 Å². The highest BCUT2D eigenvalue weighted by molar-refractivity contribution is 5.90. The molecule has 0 N–H and O–H groups in total. The summed E-state index contributed by atoms with van der Waals surface area (Å²) in [5.41, 5.74) is 11.9. The van der Waals surface area contributed by atoms with E-state index in [0.717, 1.165) is 37.2 Å². The number of aryl methyl sites for hydroxylation is 1. The number of rotatable bonds is 5. The van der Waals surface area contributed by atoms with Gasteiger partial charge in [0, 0.05) is 5.56 Å². The average Bonchev–Trinajstić information content (AvgIpc) is 3.26. The normalized spacial score (nSPS) is 17.9. The van der Waals surface area contributed by atoms with Gasteiger partial charge >= 0.3 is 0 Å². The van der Waals surface area contributed by atoms with Gasteiger partial charge in [0.25, 0.3) is 0 Å². The van der Waals surface area contributed by atoms with Gasteiger partial charge in [-0.1, -0.05) is 73.4 Å². The Morgan fingerprint density at radius 2 is 1.82 bits per heavy atom. The summed E-state index contributed by atoms with van der Waals surface area (Å²) in [4.78, 5) is 0. The molecule has 28 heavy (non-hydrogen) atoms. The van der Waals surface area contributed by atoms with Crippen molar-refractivity contribution in [3.63, 3.8) is 0 Å². The SMILES string of the molecule is C#Cc1cc(C2=CC(c3ccc4c(c3)CC(=C)C4)=CC2)ccc1CCC1CC1. The van der Waals surface area contributed by atoms with Crippen molar-refractivity contribution in [2.45, 2.75) is 44.9 Å². The molecule has 0 aromatic heterocycles. The highest BCUT2D eigenvalue weighted by Crippen LogP contribution is 2.36. The van der Waals surface area contributed by atoms with Crippen molar-refractivity contribution >= 4 is 11.1 Å². The quantitative estimate of drug-likeness (QED) is 0.419. The van der Waals surface area contributed by atoms with Crippen LogP contribution in [0.25, 0.3) is 11.1 Å². The Morgan fingerprint density at radius 3 is 2.64 bits per heavy atom. The van der Waals surface area contributed by atoms with Crippen LogP contribution in [-0.4, -0.2) is 0 Å².